The fourth-order valence-electron chi connectivity index (χ4n) is 1.66. The Kier molecular flexibility index (Phi) is 6.05. The van der Waals surface area contributed by atoms with Crippen molar-refractivity contribution in [1.29, 1.82) is 0 Å². The van der Waals surface area contributed by atoms with Gasteiger partial charge in [0.15, 0.2) is 0 Å². The summed E-state index contributed by atoms with van der Waals surface area (Å²) in [6.07, 6.45) is 0.392. The molecule has 0 fully saturated rings. The summed E-state index contributed by atoms with van der Waals surface area (Å²) >= 11 is 5.91. The minimum atomic E-state index is -0.566. The van der Waals surface area contributed by atoms with Crippen LogP contribution in [0.4, 0.5) is 5.82 Å². The molecule has 2 N–H and O–H groups in total. The van der Waals surface area contributed by atoms with Gasteiger partial charge in [0.05, 0.1) is 6.10 Å². The summed E-state index contributed by atoms with van der Waals surface area (Å²) in [5.74, 6) is 0.396. The number of nitrogens with zero attached hydrogens (tertiary/aromatic N) is 2. The summed E-state index contributed by atoms with van der Waals surface area (Å²) in [6, 6.07) is 3.20. The summed E-state index contributed by atoms with van der Waals surface area (Å²) in [6.45, 7) is 4.72. The highest BCUT2D eigenvalue weighted by molar-refractivity contribution is 6.29. The van der Waals surface area contributed by atoms with Gasteiger partial charge in [0.1, 0.15) is 11.0 Å². The van der Waals surface area contributed by atoms with Gasteiger partial charge >= 0.3 is 0 Å². The monoisotopic (exact) mass is 285 g/mol. The van der Waals surface area contributed by atoms with E-state index >= 15 is 0 Å². The zero-order valence-corrected chi connectivity index (χ0v) is 12.2. The van der Waals surface area contributed by atoms with Crippen LogP contribution in [0, 0.1) is 0 Å². The number of nitrogens with one attached hydrogen (secondary N) is 1. The number of carbonyl (C=O) groups excluding carboxylic acids is 1. The molecule has 1 amide bonds. The number of aromatic nitrogens is 1. The Balaban J connectivity index is 2.87. The number of carbonyl (C=O) groups is 1. The number of pyridine rings is 1. The first-order valence-corrected chi connectivity index (χ1v) is 6.66. The summed E-state index contributed by atoms with van der Waals surface area (Å²) in [5, 5.41) is 12.7. The topological polar surface area (TPSA) is 65.5 Å². The van der Waals surface area contributed by atoms with Crippen molar-refractivity contribution in [2.75, 3.05) is 25.5 Å². The molecule has 0 saturated carbocycles. The third-order valence-corrected chi connectivity index (χ3v) is 2.68. The van der Waals surface area contributed by atoms with E-state index < -0.39 is 6.10 Å². The second kappa shape index (κ2) is 7.31. The number of aliphatic hydroxyl groups excluding tert-OH is 1. The molecule has 1 atom stereocenters. The molecular formula is C13H20ClN3O2. The molecule has 0 spiro atoms. The van der Waals surface area contributed by atoms with Gasteiger partial charge in [-0.25, -0.2) is 4.98 Å². The van der Waals surface area contributed by atoms with Gasteiger partial charge in [-0.15, -0.1) is 0 Å². The van der Waals surface area contributed by atoms with Crippen molar-refractivity contribution in [2.45, 2.75) is 26.4 Å². The number of hydrogen-bond acceptors (Lipinski definition) is 4. The molecule has 0 aliphatic heterocycles. The summed E-state index contributed by atoms with van der Waals surface area (Å²) in [7, 11) is 1.64. The van der Waals surface area contributed by atoms with Crippen molar-refractivity contribution < 1.29 is 9.90 Å². The minimum Gasteiger partial charge on any atom is -0.392 e. The van der Waals surface area contributed by atoms with Crippen LogP contribution in [0.1, 0.15) is 30.6 Å². The highest BCUT2D eigenvalue weighted by Crippen LogP contribution is 2.16. The average Bonchev–Trinajstić information content (AvgIpc) is 2.33. The van der Waals surface area contributed by atoms with Gasteiger partial charge in [0.2, 0.25) is 0 Å². The van der Waals surface area contributed by atoms with Crippen LogP contribution in [0.15, 0.2) is 12.1 Å². The molecule has 1 aromatic rings. The zero-order valence-electron chi connectivity index (χ0n) is 11.5. The smallest absolute Gasteiger partial charge is 0.253 e. The second-order valence-corrected chi connectivity index (χ2v) is 4.91. The summed E-state index contributed by atoms with van der Waals surface area (Å²) in [5.41, 5.74) is 0.460. The lowest BCUT2D eigenvalue weighted by Gasteiger charge is -2.19. The Labute approximate surface area is 118 Å². The molecule has 1 unspecified atom stereocenters. The van der Waals surface area contributed by atoms with Crippen LogP contribution in [0.5, 0.6) is 0 Å². The Morgan fingerprint density at radius 1 is 1.58 bits per heavy atom. The fraction of sp³-hybridized carbons (Fsp3) is 0.538. The molecular weight excluding hydrogens is 266 g/mol. The Morgan fingerprint density at radius 3 is 2.84 bits per heavy atom. The first-order valence-electron chi connectivity index (χ1n) is 6.29. The van der Waals surface area contributed by atoms with E-state index in [9.17, 15) is 9.90 Å². The van der Waals surface area contributed by atoms with E-state index in [0.29, 0.717) is 11.4 Å². The highest BCUT2D eigenvalue weighted by atomic mass is 35.5. The molecule has 0 radical (unpaired) electrons. The van der Waals surface area contributed by atoms with Crippen LogP contribution in [-0.2, 0) is 0 Å². The van der Waals surface area contributed by atoms with E-state index in [0.717, 1.165) is 13.0 Å². The number of halogens is 1. The second-order valence-electron chi connectivity index (χ2n) is 4.53. The number of likely N-dealkylation sites (N-methyl/N-ethyl adjacent to an activating group) is 1. The van der Waals surface area contributed by atoms with Crippen molar-refractivity contribution in [1.82, 2.24) is 9.88 Å². The van der Waals surface area contributed by atoms with Crippen LogP contribution in [0.25, 0.3) is 0 Å². The van der Waals surface area contributed by atoms with Gasteiger partial charge in [0.25, 0.3) is 5.91 Å². The largest absolute Gasteiger partial charge is 0.392 e. The van der Waals surface area contributed by atoms with Crippen LogP contribution < -0.4 is 5.32 Å². The average molecular weight is 286 g/mol. The first kappa shape index (κ1) is 15.7. The summed E-state index contributed by atoms with van der Waals surface area (Å²) < 4.78 is 0. The lowest BCUT2D eigenvalue weighted by molar-refractivity contribution is 0.0703. The van der Waals surface area contributed by atoms with Gasteiger partial charge in [-0.1, -0.05) is 18.5 Å². The van der Waals surface area contributed by atoms with Crippen LogP contribution >= 0.6 is 11.6 Å². The first-order chi connectivity index (χ1) is 8.93. The standard InChI is InChI=1S/C13H20ClN3O2/c1-4-5-15-12-7-10(6-11(14)16-12)13(19)17(3)8-9(2)18/h6-7,9,18H,4-5,8H2,1-3H3,(H,15,16). The van der Waals surface area contributed by atoms with Crippen LogP contribution in [0.3, 0.4) is 0 Å². The number of hydrogen-bond donors (Lipinski definition) is 2. The van der Waals surface area contributed by atoms with E-state index in [1.54, 1.807) is 20.0 Å². The molecule has 0 aliphatic rings. The van der Waals surface area contributed by atoms with Crippen LogP contribution in [0.2, 0.25) is 5.15 Å². The summed E-state index contributed by atoms with van der Waals surface area (Å²) in [4.78, 5) is 17.7. The molecule has 1 aromatic heterocycles. The normalized spacial score (nSPS) is 12.1. The number of amides is 1. The van der Waals surface area contributed by atoms with E-state index in [-0.39, 0.29) is 17.6 Å². The maximum atomic E-state index is 12.2. The van der Waals surface area contributed by atoms with Crippen molar-refractivity contribution in [3.63, 3.8) is 0 Å². The molecule has 106 valence electrons. The molecule has 1 rings (SSSR count). The van der Waals surface area contributed by atoms with Crippen LogP contribution in [-0.4, -0.2) is 47.1 Å². The molecule has 6 heteroatoms. The van der Waals surface area contributed by atoms with Gasteiger partial charge in [-0.3, -0.25) is 4.79 Å². The molecule has 0 aliphatic carbocycles. The Bertz CT molecular complexity index is 438. The van der Waals surface area contributed by atoms with Gasteiger partial charge in [-0.05, 0) is 25.5 Å². The van der Waals surface area contributed by atoms with Gasteiger partial charge < -0.3 is 15.3 Å². The minimum absolute atomic E-state index is 0.190. The van der Waals surface area contributed by atoms with E-state index in [2.05, 4.69) is 10.3 Å². The molecule has 5 nitrogen and oxygen atoms in total. The predicted octanol–water partition coefficient (Wildman–Crippen LogP) is 2.01. The Morgan fingerprint density at radius 2 is 2.26 bits per heavy atom. The Hall–Kier alpha value is -1.33. The number of aliphatic hydroxyl groups is 1. The lowest BCUT2D eigenvalue weighted by atomic mass is 10.2. The van der Waals surface area contributed by atoms with Gasteiger partial charge in [0, 0.05) is 25.7 Å². The molecule has 0 saturated heterocycles. The fourth-order valence-corrected chi connectivity index (χ4v) is 1.87. The maximum Gasteiger partial charge on any atom is 0.253 e. The molecule has 0 bridgehead atoms. The van der Waals surface area contributed by atoms with Crippen molar-refractivity contribution in [3.8, 4) is 0 Å². The predicted molar refractivity (Wildman–Crippen MR) is 76.7 cm³/mol. The quantitative estimate of drug-likeness (QED) is 0.785. The van der Waals surface area contributed by atoms with Crippen molar-refractivity contribution in [2.24, 2.45) is 0 Å². The SMILES string of the molecule is CCCNc1cc(C(=O)N(C)CC(C)O)cc(Cl)n1. The van der Waals surface area contributed by atoms with E-state index in [1.807, 2.05) is 6.92 Å². The van der Waals surface area contributed by atoms with Gasteiger partial charge in [-0.2, -0.15) is 0 Å². The van der Waals surface area contributed by atoms with E-state index in [1.165, 1.54) is 11.0 Å². The molecule has 1 heterocycles. The number of anilines is 1. The third kappa shape index (κ3) is 5.04. The third-order valence-electron chi connectivity index (χ3n) is 2.48. The highest BCUT2D eigenvalue weighted by Gasteiger charge is 2.15. The number of rotatable bonds is 6. The van der Waals surface area contributed by atoms with Crippen molar-refractivity contribution >= 4 is 23.3 Å². The van der Waals surface area contributed by atoms with Crippen molar-refractivity contribution in [3.05, 3.63) is 22.8 Å². The maximum absolute atomic E-state index is 12.2. The molecule has 0 aromatic carbocycles. The lowest BCUT2D eigenvalue weighted by Crippen LogP contribution is -2.33. The van der Waals surface area contributed by atoms with E-state index in [4.69, 9.17) is 11.6 Å². The molecule has 19 heavy (non-hydrogen) atoms. The zero-order chi connectivity index (χ0) is 14.4.